The summed E-state index contributed by atoms with van der Waals surface area (Å²) in [5, 5.41) is 15.1. The molecule has 0 aliphatic carbocycles. The van der Waals surface area contributed by atoms with Crippen LogP contribution in [0.25, 0.3) is 4.96 Å². The topological polar surface area (TPSA) is 72.4 Å². The lowest BCUT2D eigenvalue weighted by Gasteiger charge is -2.37. The molecular weight excluding hydrogens is 446 g/mol. The van der Waals surface area contributed by atoms with Gasteiger partial charge in [0.15, 0.2) is 11.8 Å². The van der Waals surface area contributed by atoms with E-state index >= 15 is 0 Å². The predicted octanol–water partition coefficient (Wildman–Crippen LogP) is 1.75. The van der Waals surface area contributed by atoms with E-state index in [0.29, 0.717) is 11.0 Å². The number of nitrogens with zero attached hydrogens (tertiary/aromatic N) is 3. The Labute approximate surface area is 201 Å². The number of piperazine rings is 1. The standard InChI is InChI=1S/C26H25N5O2S/c32-25-24(34-26-27-18-28-31(25)26)23(21-12-7-17-33-21)30-15-13-29(14-16-30)22(19-8-3-1-4-9-19)20-10-5-2-6-11-20/h1-12,17-18,22-23,32H,13-16H2/p+2/t23-/m0/s1. The molecule has 8 heteroatoms. The predicted molar refractivity (Wildman–Crippen MR) is 129 cm³/mol. The van der Waals surface area contributed by atoms with Gasteiger partial charge < -0.3 is 19.3 Å². The molecule has 1 atom stereocenters. The minimum Gasteiger partial charge on any atom is -0.492 e. The van der Waals surface area contributed by atoms with Gasteiger partial charge in [-0.1, -0.05) is 72.0 Å². The number of nitrogens with one attached hydrogen (secondary N) is 2. The molecule has 0 unspecified atom stereocenters. The van der Waals surface area contributed by atoms with Gasteiger partial charge in [0.2, 0.25) is 10.8 Å². The summed E-state index contributed by atoms with van der Waals surface area (Å²) in [5.74, 6) is 1.02. The Bertz CT molecular complexity index is 1300. The Morgan fingerprint density at radius 1 is 0.824 bits per heavy atom. The Balaban J connectivity index is 1.29. The van der Waals surface area contributed by atoms with E-state index in [0.717, 1.165) is 36.8 Å². The number of aromatic hydroxyl groups is 1. The van der Waals surface area contributed by atoms with Crippen molar-refractivity contribution in [2.45, 2.75) is 12.1 Å². The van der Waals surface area contributed by atoms with Gasteiger partial charge in [0.1, 0.15) is 43.4 Å². The third-order valence-electron chi connectivity index (χ3n) is 6.85. The molecule has 1 aliphatic rings. The van der Waals surface area contributed by atoms with E-state index in [-0.39, 0.29) is 11.9 Å². The molecule has 1 aliphatic heterocycles. The first-order valence-corrected chi connectivity index (χ1v) is 12.4. The summed E-state index contributed by atoms with van der Waals surface area (Å²) in [6, 6.07) is 25.8. The van der Waals surface area contributed by atoms with Crippen LogP contribution >= 0.6 is 11.3 Å². The maximum Gasteiger partial charge on any atom is 0.235 e. The SMILES string of the molecule is Oc1c([C@H](c2ccco2)[NH+]2CC[NH+](C(c3ccccc3)c3ccccc3)CC2)sc2ncnn12. The number of hydrogen-bond donors (Lipinski definition) is 3. The second kappa shape index (κ2) is 9.06. The summed E-state index contributed by atoms with van der Waals surface area (Å²) in [5.41, 5.74) is 2.69. The second-order valence-corrected chi connectivity index (χ2v) is 9.77. The largest absolute Gasteiger partial charge is 0.492 e. The van der Waals surface area contributed by atoms with Crippen LogP contribution in [0.15, 0.2) is 89.8 Å². The molecule has 1 fully saturated rings. The number of hydrogen-bond acceptors (Lipinski definition) is 5. The molecule has 0 amide bonds. The van der Waals surface area contributed by atoms with Crippen molar-refractivity contribution >= 4 is 16.3 Å². The van der Waals surface area contributed by atoms with Gasteiger partial charge in [-0.3, -0.25) is 0 Å². The maximum atomic E-state index is 10.9. The molecule has 0 bridgehead atoms. The first-order chi connectivity index (χ1) is 16.8. The van der Waals surface area contributed by atoms with E-state index in [2.05, 4.69) is 70.7 Å². The van der Waals surface area contributed by atoms with Gasteiger partial charge in [-0.15, -0.1) is 0 Å². The highest BCUT2D eigenvalue weighted by Crippen LogP contribution is 2.34. The van der Waals surface area contributed by atoms with Gasteiger partial charge in [-0.05, 0) is 12.1 Å². The van der Waals surface area contributed by atoms with Crippen LogP contribution in [-0.4, -0.2) is 45.9 Å². The summed E-state index contributed by atoms with van der Waals surface area (Å²) in [6.07, 6.45) is 3.18. The number of rotatable bonds is 6. The summed E-state index contributed by atoms with van der Waals surface area (Å²) < 4.78 is 7.37. The zero-order valence-electron chi connectivity index (χ0n) is 18.7. The van der Waals surface area contributed by atoms with Gasteiger partial charge in [-0.2, -0.15) is 9.61 Å². The third kappa shape index (κ3) is 3.79. The van der Waals surface area contributed by atoms with E-state index in [1.165, 1.54) is 38.2 Å². The second-order valence-electron chi connectivity index (χ2n) is 8.76. The molecule has 2 aromatic carbocycles. The van der Waals surface area contributed by atoms with E-state index in [1.807, 2.05) is 12.1 Å². The van der Waals surface area contributed by atoms with Crippen LogP contribution in [0.2, 0.25) is 0 Å². The summed E-state index contributed by atoms with van der Waals surface area (Å²) >= 11 is 1.48. The Hall–Kier alpha value is -3.46. The number of aromatic nitrogens is 3. The number of fused-ring (bicyclic) bond motifs is 1. The Morgan fingerprint density at radius 3 is 2.00 bits per heavy atom. The number of furan rings is 1. The average Bonchev–Trinajstić information content (AvgIpc) is 3.63. The normalized spacial score (nSPS) is 19.6. The molecule has 0 saturated carbocycles. The van der Waals surface area contributed by atoms with E-state index < -0.39 is 0 Å². The van der Waals surface area contributed by atoms with Gasteiger partial charge in [0, 0.05) is 11.1 Å². The van der Waals surface area contributed by atoms with Crippen LogP contribution in [0.3, 0.4) is 0 Å². The number of thiazole rings is 1. The van der Waals surface area contributed by atoms with Crippen molar-refractivity contribution in [3.8, 4) is 5.88 Å². The lowest BCUT2D eigenvalue weighted by Crippen LogP contribution is -3.28. The smallest absolute Gasteiger partial charge is 0.235 e. The van der Waals surface area contributed by atoms with Crippen molar-refractivity contribution in [2.75, 3.05) is 26.2 Å². The zero-order valence-corrected chi connectivity index (χ0v) is 19.5. The van der Waals surface area contributed by atoms with E-state index in [4.69, 9.17) is 4.42 Å². The number of benzene rings is 2. The fourth-order valence-electron chi connectivity index (χ4n) is 5.28. The molecule has 4 heterocycles. The van der Waals surface area contributed by atoms with Gasteiger partial charge in [0.05, 0.1) is 6.26 Å². The van der Waals surface area contributed by atoms with Crippen LogP contribution in [0.4, 0.5) is 0 Å². The van der Waals surface area contributed by atoms with Gasteiger partial charge in [-0.25, -0.2) is 4.98 Å². The van der Waals surface area contributed by atoms with Crippen molar-refractivity contribution in [2.24, 2.45) is 0 Å². The highest BCUT2D eigenvalue weighted by Gasteiger charge is 2.39. The summed E-state index contributed by atoms with van der Waals surface area (Å²) in [6.45, 7) is 3.96. The van der Waals surface area contributed by atoms with Crippen LogP contribution in [-0.2, 0) is 0 Å². The van der Waals surface area contributed by atoms with Crippen LogP contribution in [0.5, 0.6) is 5.88 Å². The average molecular weight is 474 g/mol. The maximum absolute atomic E-state index is 10.9. The lowest BCUT2D eigenvalue weighted by molar-refractivity contribution is -1.03. The van der Waals surface area contributed by atoms with Crippen molar-refractivity contribution in [1.82, 2.24) is 14.6 Å². The summed E-state index contributed by atoms with van der Waals surface area (Å²) in [4.78, 5) is 8.78. The highest BCUT2D eigenvalue weighted by molar-refractivity contribution is 7.17. The Kier molecular flexibility index (Phi) is 5.62. The van der Waals surface area contributed by atoms with Crippen molar-refractivity contribution in [1.29, 1.82) is 0 Å². The van der Waals surface area contributed by atoms with Crippen LogP contribution in [0, 0.1) is 0 Å². The van der Waals surface area contributed by atoms with E-state index in [1.54, 1.807) is 11.2 Å². The number of quaternary nitrogens is 2. The quantitative estimate of drug-likeness (QED) is 0.351. The molecule has 5 aromatic rings. The molecule has 3 N–H and O–H groups in total. The van der Waals surface area contributed by atoms with Crippen LogP contribution in [0.1, 0.15) is 33.8 Å². The van der Waals surface area contributed by atoms with Crippen LogP contribution < -0.4 is 9.80 Å². The van der Waals surface area contributed by atoms with Gasteiger partial charge >= 0.3 is 0 Å². The molecule has 0 radical (unpaired) electrons. The fraction of sp³-hybridized carbons (Fsp3) is 0.231. The monoisotopic (exact) mass is 473 g/mol. The first kappa shape index (κ1) is 21.1. The minimum absolute atomic E-state index is 0.0862. The molecule has 6 rings (SSSR count). The molecule has 1 saturated heterocycles. The molecule has 7 nitrogen and oxygen atoms in total. The first-order valence-electron chi connectivity index (χ1n) is 11.6. The highest BCUT2D eigenvalue weighted by atomic mass is 32.1. The Morgan fingerprint density at radius 2 is 1.44 bits per heavy atom. The zero-order chi connectivity index (χ0) is 22.9. The molecule has 34 heavy (non-hydrogen) atoms. The fourth-order valence-corrected chi connectivity index (χ4v) is 6.37. The molecule has 172 valence electrons. The molecule has 3 aromatic heterocycles. The van der Waals surface area contributed by atoms with Crippen molar-refractivity contribution < 1.29 is 19.3 Å². The lowest BCUT2D eigenvalue weighted by atomic mass is 9.96. The van der Waals surface area contributed by atoms with Crippen molar-refractivity contribution in [3.05, 3.63) is 107 Å². The van der Waals surface area contributed by atoms with E-state index in [9.17, 15) is 5.11 Å². The minimum atomic E-state index is -0.0862. The van der Waals surface area contributed by atoms with Gasteiger partial charge in [0.25, 0.3) is 0 Å². The molecular formula is C26H27N5O2S+2. The molecule has 0 spiro atoms. The summed E-state index contributed by atoms with van der Waals surface area (Å²) in [7, 11) is 0. The van der Waals surface area contributed by atoms with Crippen molar-refractivity contribution in [3.63, 3.8) is 0 Å². The third-order valence-corrected chi connectivity index (χ3v) is 7.94.